The first kappa shape index (κ1) is 51.4. The van der Waals surface area contributed by atoms with E-state index in [1.165, 1.54) is 103 Å². The van der Waals surface area contributed by atoms with Crippen molar-refractivity contribution < 1.29 is 29.0 Å². The quantitative estimate of drug-likeness (QED) is 0.0490. The van der Waals surface area contributed by atoms with Crippen LogP contribution in [0, 0.1) is 0 Å². The number of aliphatic carboxylic acids is 1. The third kappa shape index (κ3) is 35.8. The van der Waals surface area contributed by atoms with Crippen molar-refractivity contribution >= 4 is 17.9 Å². The van der Waals surface area contributed by atoms with Crippen LogP contribution in [0.2, 0.25) is 0 Å². The van der Waals surface area contributed by atoms with Gasteiger partial charge in [-0.05, 0) is 77.8 Å². The van der Waals surface area contributed by atoms with Crippen LogP contribution in [0.15, 0.2) is 0 Å². The zero-order valence-electron chi connectivity index (χ0n) is 35.8. The van der Waals surface area contributed by atoms with Crippen LogP contribution in [0.1, 0.15) is 246 Å². The molecule has 0 aliphatic carbocycles. The molecule has 53 heavy (non-hydrogen) atoms. The van der Waals surface area contributed by atoms with Crippen LogP contribution < -0.4 is 0 Å². The Hall–Kier alpha value is -1.63. The molecule has 0 heterocycles. The van der Waals surface area contributed by atoms with E-state index in [1.54, 1.807) is 6.92 Å². The zero-order chi connectivity index (χ0) is 39.0. The fourth-order valence-electron chi connectivity index (χ4n) is 7.19. The van der Waals surface area contributed by atoms with E-state index < -0.39 is 12.0 Å². The van der Waals surface area contributed by atoms with Crippen LogP contribution in [0.5, 0.6) is 0 Å². The van der Waals surface area contributed by atoms with Gasteiger partial charge in [0.2, 0.25) is 0 Å². The summed E-state index contributed by atoms with van der Waals surface area (Å²) >= 11 is 0. The molecule has 0 saturated heterocycles. The molecule has 314 valence electrons. The van der Waals surface area contributed by atoms with Crippen molar-refractivity contribution in [2.45, 2.75) is 258 Å². The molecule has 0 aromatic carbocycles. The van der Waals surface area contributed by atoms with Gasteiger partial charge in [-0.1, -0.05) is 168 Å². The Kier molecular flexibility index (Phi) is 38.8. The molecule has 0 aromatic heterocycles. The van der Waals surface area contributed by atoms with E-state index in [0.29, 0.717) is 19.4 Å². The molecule has 0 rings (SSSR count). The van der Waals surface area contributed by atoms with E-state index in [0.717, 1.165) is 116 Å². The average Bonchev–Trinajstić information content (AvgIpc) is 3.14. The van der Waals surface area contributed by atoms with Crippen molar-refractivity contribution in [2.75, 3.05) is 19.7 Å². The van der Waals surface area contributed by atoms with E-state index in [2.05, 4.69) is 25.7 Å². The monoisotopic (exact) mass is 752 g/mol. The molecule has 0 aliphatic heterocycles. The van der Waals surface area contributed by atoms with Crippen LogP contribution >= 0.6 is 0 Å². The average molecular weight is 752 g/mol. The highest BCUT2D eigenvalue weighted by Gasteiger charge is 2.20. The fraction of sp³-hybridized carbons (Fsp3) is 0.935. The summed E-state index contributed by atoms with van der Waals surface area (Å²) in [6.07, 6.45) is 38.1. The number of hydrogen-bond donors (Lipinski definition) is 1. The van der Waals surface area contributed by atoms with E-state index in [4.69, 9.17) is 9.47 Å². The standard InChI is InChI=1S/C46H89NO6/c1-5-8-11-14-17-22-29-36-43(35-28-21-16-13-10-7-3)53-45(49)38-31-24-20-26-33-40-47(42(4)46(50)51)39-32-25-19-23-30-37-44(48)52-41-34-27-18-15-12-9-6-2/h42-43H,5-41H2,1-4H3,(H,50,51). The predicted molar refractivity (Wildman–Crippen MR) is 224 cm³/mol. The lowest BCUT2D eigenvalue weighted by Gasteiger charge is -2.26. The van der Waals surface area contributed by atoms with Gasteiger partial charge in [-0.2, -0.15) is 0 Å². The molecule has 0 aliphatic rings. The van der Waals surface area contributed by atoms with Crippen molar-refractivity contribution in [1.82, 2.24) is 4.90 Å². The van der Waals surface area contributed by atoms with Crippen LogP contribution in [-0.4, -0.2) is 59.8 Å². The number of hydrogen-bond acceptors (Lipinski definition) is 6. The Bertz CT molecular complexity index is 820. The second kappa shape index (κ2) is 40.0. The number of carbonyl (C=O) groups excluding carboxylic acids is 2. The summed E-state index contributed by atoms with van der Waals surface area (Å²) in [6.45, 7) is 10.7. The van der Waals surface area contributed by atoms with Gasteiger partial charge in [0.05, 0.1) is 6.61 Å². The molecular formula is C46H89NO6. The maximum absolute atomic E-state index is 12.7. The van der Waals surface area contributed by atoms with Gasteiger partial charge in [-0.3, -0.25) is 19.3 Å². The minimum atomic E-state index is -0.764. The lowest BCUT2D eigenvalue weighted by atomic mass is 10.0. The summed E-state index contributed by atoms with van der Waals surface area (Å²) in [5.41, 5.74) is 0. The second-order valence-electron chi connectivity index (χ2n) is 16.0. The van der Waals surface area contributed by atoms with Gasteiger partial charge in [0.1, 0.15) is 12.1 Å². The summed E-state index contributed by atoms with van der Waals surface area (Å²) < 4.78 is 11.4. The number of rotatable bonds is 42. The van der Waals surface area contributed by atoms with E-state index in [-0.39, 0.29) is 18.0 Å². The van der Waals surface area contributed by atoms with Gasteiger partial charge >= 0.3 is 17.9 Å². The molecule has 2 unspecified atom stereocenters. The summed E-state index contributed by atoms with van der Waals surface area (Å²) in [5, 5.41) is 9.66. The van der Waals surface area contributed by atoms with Crippen LogP contribution in [0.4, 0.5) is 0 Å². The van der Waals surface area contributed by atoms with Gasteiger partial charge in [0.15, 0.2) is 0 Å². The first-order chi connectivity index (χ1) is 25.8. The molecule has 7 heteroatoms. The Morgan fingerprint density at radius 2 is 0.830 bits per heavy atom. The van der Waals surface area contributed by atoms with Crippen molar-refractivity contribution in [1.29, 1.82) is 0 Å². The third-order valence-electron chi connectivity index (χ3n) is 10.9. The van der Waals surface area contributed by atoms with Crippen molar-refractivity contribution in [2.24, 2.45) is 0 Å². The lowest BCUT2D eigenvalue weighted by molar-refractivity contribution is -0.150. The van der Waals surface area contributed by atoms with E-state index in [1.807, 2.05) is 0 Å². The van der Waals surface area contributed by atoms with E-state index in [9.17, 15) is 19.5 Å². The lowest BCUT2D eigenvalue weighted by Crippen LogP contribution is -2.40. The Morgan fingerprint density at radius 3 is 1.26 bits per heavy atom. The highest BCUT2D eigenvalue weighted by molar-refractivity contribution is 5.72. The minimum absolute atomic E-state index is 0.0240. The number of unbranched alkanes of at least 4 members (excludes halogenated alkanes) is 25. The number of ether oxygens (including phenoxy) is 2. The molecular weight excluding hydrogens is 663 g/mol. The van der Waals surface area contributed by atoms with Crippen molar-refractivity contribution in [3.05, 3.63) is 0 Å². The Labute approximate surface area is 328 Å². The predicted octanol–water partition coefficient (Wildman–Crippen LogP) is 13.5. The van der Waals surface area contributed by atoms with Crippen LogP contribution in [0.25, 0.3) is 0 Å². The first-order valence-corrected chi connectivity index (χ1v) is 23.2. The largest absolute Gasteiger partial charge is 0.480 e. The second-order valence-corrected chi connectivity index (χ2v) is 16.0. The Balaban J connectivity index is 4.17. The third-order valence-corrected chi connectivity index (χ3v) is 10.9. The Morgan fingerprint density at radius 1 is 0.472 bits per heavy atom. The summed E-state index contributed by atoms with van der Waals surface area (Å²) in [6, 6.07) is -0.485. The highest BCUT2D eigenvalue weighted by Crippen LogP contribution is 2.19. The fourth-order valence-corrected chi connectivity index (χ4v) is 7.19. The maximum Gasteiger partial charge on any atom is 0.320 e. The first-order valence-electron chi connectivity index (χ1n) is 23.2. The van der Waals surface area contributed by atoms with Crippen LogP contribution in [0.3, 0.4) is 0 Å². The smallest absolute Gasteiger partial charge is 0.320 e. The molecule has 0 saturated carbocycles. The topological polar surface area (TPSA) is 93.1 Å². The minimum Gasteiger partial charge on any atom is -0.480 e. The number of esters is 2. The zero-order valence-corrected chi connectivity index (χ0v) is 35.8. The molecule has 2 atom stereocenters. The highest BCUT2D eigenvalue weighted by atomic mass is 16.5. The molecule has 0 radical (unpaired) electrons. The maximum atomic E-state index is 12.7. The summed E-state index contributed by atoms with van der Waals surface area (Å²) in [4.78, 5) is 38.6. The van der Waals surface area contributed by atoms with Gasteiger partial charge in [0.25, 0.3) is 0 Å². The van der Waals surface area contributed by atoms with Gasteiger partial charge in [-0.15, -0.1) is 0 Å². The number of nitrogens with zero attached hydrogens (tertiary/aromatic N) is 1. The normalized spacial score (nSPS) is 12.6. The molecule has 0 bridgehead atoms. The number of carbonyl (C=O) groups is 3. The van der Waals surface area contributed by atoms with Crippen molar-refractivity contribution in [3.8, 4) is 0 Å². The van der Waals surface area contributed by atoms with E-state index >= 15 is 0 Å². The van der Waals surface area contributed by atoms with Gasteiger partial charge in [-0.25, -0.2) is 0 Å². The molecule has 0 spiro atoms. The summed E-state index contributed by atoms with van der Waals surface area (Å²) in [7, 11) is 0. The molecule has 0 fully saturated rings. The number of carboxylic acids is 1. The SMILES string of the molecule is CCCCCCCCCOC(=O)CCCCCCCN(CCCCCCCC(=O)OC(CCCCCCCC)CCCCCCCCC)C(C)C(=O)O. The van der Waals surface area contributed by atoms with Gasteiger partial charge in [0, 0.05) is 12.8 Å². The van der Waals surface area contributed by atoms with Crippen molar-refractivity contribution in [3.63, 3.8) is 0 Å². The summed E-state index contributed by atoms with van der Waals surface area (Å²) in [5.74, 6) is -0.858. The van der Waals surface area contributed by atoms with Crippen LogP contribution in [-0.2, 0) is 23.9 Å². The van der Waals surface area contributed by atoms with Gasteiger partial charge < -0.3 is 14.6 Å². The molecule has 7 nitrogen and oxygen atoms in total. The molecule has 0 aromatic rings. The molecule has 0 amide bonds. The molecule has 1 N–H and O–H groups in total. The number of carboxylic acid groups (broad SMARTS) is 1.